The fraction of sp³-hybridized carbons (Fsp3) is 0.189. The Morgan fingerprint density at radius 2 is 1.10 bits per heavy atom. The minimum absolute atomic E-state index is 0.0386. The molecule has 0 amide bonds. The zero-order valence-electron chi connectivity index (χ0n) is 23.7. The summed E-state index contributed by atoms with van der Waals surface area (Å²) in [7, 11) is 0. The molecule has 0 fully saturated rings. The van der Waals surface area contributed by atoms with Crippen molar-refractivity contribution in [3.8, 4) is 16.8 Å². The first-order valence-corrected chi connectivity index (χ1v) is 14.5. The minimum Gasteiger partial charge on any atom is -0.335 e. The maximum absolute atomic E-state index is 4.90. The highest BCUT2D eigenvalue weighted by molar-refractivity contribution is 7.81. The molecule has 5 aromatic carbocycles. The molecule has 198 valence electrons. The normalized spacial score (nSPS) is 12.8. The second kappa shape index (κ2) is 8.78. The summed E-state index contributed by atoms with van der Waals surface area (Å²) < 4.78 is 4.64. The first kappa shape index (κ1) is 25.0. The molecule has 0 spiro atoms. The molecule has 2 heterocycles. The number of hydrogen-bond donors (Lipinski definition) is 1. The van der Waals surface area contributed by atoms with Gasteiger partial charge in [-0.25, -0.2) is 0 Å². The third kappa shape index (κ3) is 3.87. The van der Waals surface area contributed by atoms with Gasteiger partial charge in [0, 0.05) is 43.0 Å². The van der Waals surface area contributed by atoms with Crippen LogP contribution in [0.1, 0.15) is 40.2 Å². The molecule has 2 nitrogen and oxygen atoms in total. The lowest BCUT2D eigenvalue weighted by Gasteiger charge is -2.24. The van der Waals surface area contributed by atoms with Crippen molar-refractivity contribution in [2.45, 2.75) is 44.9 Å². The van der Waals surface area contributed by atoms with Gasteiger partial charge in [0.05, 0.1) is 16.6 Å². The molecule has 0 unspecified atom stereocenters. The Kier molecular flexibility index (Phi) is 5.49. The maximum Gasteiger partial charge on any atom is 0.0541 e. The molecule has 0 bridgehead atoms. The van der Waals surface area contributed by atoms with Crippen LogP contribution < -0.4 is 0 Å². The van der Waals surface area contributed by atoms with Crippen molar-refractivity contribution in [3.63, 3.8) is 0 Å². The maximum atomic E-state index is 4.90. The van der Waals surface area contributed by atoms with E-state index in [2.05, 4.69) is 153 Å². The fourth-order valence-electron chi connectivity index (χ4n) is 6.31. The van der Waals surface area contributed by atoms with Crippen molar-refractivity contribution in [2.24, 2.45) is 0 Å². The molecule has 0 aliphatic carbocycles. The average molecular weight is 539 g/mol. The third-order valence-electron chi connectivity index (χ3n) is 8.16. The van der Waals surface area contributed by atoms with Crippen LogP contribution in [0.3, 0.4) is 0 Å². The van der Waals surface area contributed by atoms with E-state index in [1.54, 1.807) is 0 Å². The van der Waals surface area contributed by atoms with Gasteiger partial charge in [0.1, 0.15) is 0 Å². The van der Waals surface area contributed by atoms with Gasteiger partial charge in [-0.05, 0) is 99.8 Å². The molecule has 3 heteroatoms. The molecule has 0 saturated heterocycles. The summed E-state index contributed by atoms with van der Waals surface area (Å²) >= 11 is 4.90. The number of aromatic nitrogens is 2. The van der Waals surface area contributed by atoms with Crippen LogP contribution in [0.5, 0.6) is 0 Å². The van der Waals surface area contributed by atoms with Crippen molar-refractivity contribution in [2.75, 3.05) is 0 Å². The monoisotopic (exact) mass is 538 g/mol. The Morgan fingerprint density at radius 1 is 0.500 bits per heavy atom. The van der Waals surface area contributed by atoms with Gasteiger partial charge in [0.25, 0.3) is 0 Å². The molecule has 40 heavy (non-hydrogen) atoms. The fourth-order valence-corrected chi connectivity index (χ4v) is 6.45. The Morgan fingerprint density at radius 3 is 1.82 bits per heavy atom. The summed E-state index contributed by atoms with van der Waals surface area (Å²) in [6.07, 6.45) is 0. The smallest absolute Gasteiger partial charge is 0.0541 e. The standard InChI is InChI=1S/C37H34N2S/c1-36(2,3)39-34-14-10-9-13-28(34)29-18-15-25(22-35(29)39)24-16-19-32-30(21-24)31-23-26(37(4,5)40)17-20-33(31)38(32)27-11-7-6-8-12-27/h6-23,40H,1-5H3. The molecule has 7 aromatic rings. The lowest BCUT2D eigenvalue weighted by molar-refractivity contribution is 0.423. The van der Waals surface area contributed by atoms with Gasteiger partial charge in [0.15, 0.2) is 0 Å². The first-order chi connectivity index (χ1) is 19.1. The zero-order chi connectivity index (χ0) is 27.8. The van der Waals surface area contributed by atoms with E-state index in [4.69, 9.17) is 12.6 Å². The van der Waals surface area contributed by atoms with E-state index in [1.165, 1.54) is 66.0 Å². The second-order valence-corrected chi connectivity index (χ2v) is 13.6. The minimum atomic E-state index is -0.224. The summed E-state index contributed by atoms with van der Waals surface area (Å²) in [4.78, 5) is 0. The molecule has 0 atom stereocenters. The number of nitrogens with zero attached hydrogens (tertiary/aromatic N) is 2. The lowest BCUT2D eigenvalue weighted by Crippen LogP contribution is -2.21. The Labute approximate surface area is 241 Å². The Balaban J connectivity index is 1.50. The molecule has 0 aliphatic rings. The van der Waals surface area contributed by atoms with Crippen molar-refractivity contribution >= 4 is 56.2 Å². The Hall–Kier alpha value is -3.95. The third-order valence-corrected chi connectivity index (χ3v) is 8.42. The van der Waals surface area contributed by atoms with Crippen LogP contribution in [0, 0.1) is 0 Å². The zero-order valence-corrected chi connectivity index (χ0v) is 24.6. The number of hydrogen-bond acceptors (Lipinski definition) is 1. The van der Waals surface area contributed by atoms with Crippen LogP contribution >= 0.6 is 12.6 Å². The van der Waals surface area contributed by atoms with E-state index in [-0.39, 0.29) is 10.3 Å². The van der Waals surface area contributed by atoms with Gasteiger partial charge in [-0.15, -0.1) is 0 Å². The van der Waals surface area contributed by atoms with Crippen LogP contribution in [0.25, 0.3) is 60.4 Å². The van der Waals surface area contributed by atoms with E-state index in [1.807, 2.05) is 0 Å². The summed E-state index contributed by atoms with van der Waals surface area (Å²) in [5, 5.41) is 5.12. The van der Waals surface area contributed by atoms with Crippen molar-refractivity contribution < 1.29 is 0 Å². The van der Waals surface area contributed by atoms with Gasteiger partial charge in [0.2, 0.25) is 0 Å². The number of thiol groups is 1. The summed E-state index contributed by atoms with van der Waals surface area (Å²) in [6.45, 7) is 11.2. The van der Waals surface area contributed by atoms with Gasteiger partial charge < -0.3 is 9.13 Å². The van der Waals surface area contributed by atoms with Gasteiger partial charge in [-0.2, -0.15) is 12.6 Å². The SMILES string of the molecule is CC(C)(S)c1ccc2c(c1)c1cc(-c3ccc4c5ccccc5n(C(C)(C)C)c4c3)ccc1n2-c1ccccc1. The molecule has 0 N–H and O–H groups in total. The largest absolute Gasteiger partial charge is 0.335 e. The van der Waals surface area contributed by atoms with E-state index in [9.17, 15) is 0 Å². The summed E-state index contributed by atoms with van der Waals surface area (Å²) in [6, 6.07) is 40.1. The quantitative estimate of drug-likeness (QED) is 0.214. The highest BCUT2D eigenvalue weighted by atomic mass is 32.1. The van der Waals surface area contributed by atoms with Crippen molar-refractivity contribution in [1.82, 2.24) is 9.13 Å². The van der Waals surface area contributed by atoms with E-state index in [0.717, 1.165) is 0 Å². The van der Waals surface area contributed by atoms with E-state index < -0.39 is 0 Å². The predicted molar refractivity (Wildman–Crippen MR) is 176 cm³/mol. The molecule has 0 aliphatic heterocycles. The first-order valence-electron chi connectivity index (χ1n) is 14.0. The van der Waals surface area contributed by atoms with Crippen molar-refractivity contribution in [3.05, 3.63) is 115 Å². The average Bonchev–Trinajstić information content (AvgIpc) is 3.44. The van der Waals surface area contributed by atoms with Gasteiger partial charge in [-0.3, -0.25) is 0 Å². The predicted octanol–water partition coefficient (Wildman–Crippen LogP) is 10.5. The number of rotatable bonds is 3. The molecule has 2 aromatic heterocycles. The number of benzene rings is 5. The van der Waals surface area contributed by atoms with E-state index in [0.29, 0.717) is 0 Å². The summed E-state index contributed by atoms with van der Waals surface area (Å²) in [5.41, 5.74) is 9.79. The number of fused-ring (bicyclic) bond motifs is 6. The molecule has 0 saturated carbocycles. The van der Waals surface area contributed by atoms with E-state index >= 15 is 0 Å². The molecular formula is C37H34N2S. The van der Waals surface area contributed by atoms with Crippen molar-refractivity contribution in [1.29, 1.82) is 0 Å². The molecule has 0 radical (unpaired) electrons. The van der Waals surface area contributed by atoms with Crippen LogP contribution in [0.2, 0.25) is 0 Å². The highest BCUT2D eigenvalue weighted by Gasteiger charge is 2.22. The Bertz CT molecular complexity index is 2060. The lowest BCUT2D eigenvalue weighted by atomic mass is 9.98. The summed E-state index contributed by atoms with van der Waals surface area (Å²) in [5.74, 6) is 0. The van der Waals surface area contributed by atoms with Crippen LogP contribution in [0.4, 0.5) is 0 Å². The number of para-hydroxylation sites is 2. The van der Waals surface area contributed by atoms with Crippen LogP contribution in [0.15, 0.2) is 109 Å². The van der Waals surface area contributed by atoms with Gasteiger partial charge >= 0.3 is 0 Å². The molecule has 7 rings (SSSR count). The van der Waals surface area contributed by atoms with Crippen LogP contribution in [-0.2, 0) is 10.3 Å². The highest BCUT2D eigenvalue weighted by Crippen LogP contribution is 2.40. The van der Waals surface area contributed by atoms with Crippen LogP contribution in [-0.4, -0.2) is 9.13 Å². The second-order valence-electron chi connectivity index (χ2n) is 12.4. The molecular weight excluding hydrogens is 504 g/mol. The topological polar surface area (TPSA) is 9.86 Å². The van der Waals surface area contributed by atoms with Gasteiger partial charge in [-0.1, -0.05) is 60.7 Å².